The summed E-state index contributed by atoms with van der Waals surface area (Å²) in [5.74, 6) is 1.31. The molecule has 3 aromatic rings. The number of methoxy groups -OCH3 is 2. The molecule has 0 aliphatic heterocycles. The minimum atomic E-state index is -0.306. The standard InChI is InChI=1S/C17H19FN4O2S/c1-22(2)13-5-6-19-12(16(13)18)9-25-17-20-10-7-14(23-3)15(24-4)8-11(10)21-17/h5-8H,9H2,1-4H3,(H,20,21). The van der Waals surface area contributed by atoms with Gasteiger partial charge < -0.3 is 19.4 Å². The van der Waals surface area contributed by atoms with Gasteiger partial charge in [-0.2, -0.15) is 0 Å². The maximum absolute atomic E-state index is 14.4. The van der Waals surface area contributed by atoms with Gasteiger partial charge in [0.2, 0.25) is 0 Å². The fourth-order valence-corrected chi connectivity index (χ4v) is 3.26. The fourth-order valence-electron chi connectivity index (χ4n) is 2.44. The molecule has 0 radical (unpaired) electrons. The van der Waals surface area contributed by atoms with Gasteiger partial charge in [-0.3, -0.25) is 4.98 Å². The highest BCUT2D eigenvalue weighted by Gasteiger charge is 2.14. The van der Waals surface area contributed by atoms with Crippen molar-refractivity contribution in [2.75, 3.05) is 33.2 Å². The number of pyridine rings is 1. The van der Waals surface area contributed by atoms with Gasteiger partial charge in [-0.05, 0) is 6.07 Å². The predicted octanol–water partition coefficient (Wildman–Crippen LogP) is 3.47. The molecule has 0 unspecified atom stereocenters. The number of halogens is 1. The summed E-state index contributed by atoms with van der Waals surface area (Å²) in [6, 6.07) is 5.29. The van der Waals surface area contributed by atoms with Crippen LogP contribution in [0.15, 0.2) is 29.6 Å². The highest BCUT2D eigenvalue weighted by atomic mass is 32.2. The maximum Gasteiger partial charge on any atom is 0.168 e. The third-order valence-corrected chi connectivity index (χ3v) is 4.62. The Kier molecular flexibility index (Phi) is 4.98. The molecule has 2 heterocycles. The van der Waals surface area contributed by atoms with Crippen LogP contribution in [0.2, 0.25) is 0 Å². The van der Waals surface area contributed by atoms with Crippen molar-refractivity contribution in [3.05, 3.63) is 35.9 Å². The van der Waals surface area contributed by atoms with Gasteiger partial charge in [0, 0.05) is 38.2 Å². The molecule has 25 heavy (non-hydrogen) atoms. The first-order valence-corrected chi connectivity index (χ1v) is 8.57. The first kappa shape index (κ1) is 17.3. The van der Waals surface area contributed by atoms with E-state index < -0.39 is 0 Å². The Labute approximate surface area is 149 Å². The molecular weight excluding hydrogens is 343 g/mol. The number of imidazole rings is 1. The Morgan fingerprint density at radius 1 is 1.20 bits per heavy atom. The number of nitrogens with one attached hydrogen (secondary N) is 1. The quantitative estimate of drug-likeness (QED) is 0.678. The number of aromatic nitrogens is 3. The highest BCUT2D eigenvalue weighted by molar-refractivity contribution is 7.98. The largest absolute Gasteiger partial charge is 0.493 e. The summed E-state index contributed by atoms with van der Waals surface area (Å²) in [6.07, 6.45) is 1.61. The van der Waals surface area contributed by atoms with Gasteiger partial charge in [0.15, 0.2) is 22.5 Å². The van der Waals surface area contributed by atoms with Crippen LogP contribution in [0.4, 0.5) is 10.1 Å². The van der Waals surface area contributed by atoms with E-state index in [1.165, 1.54) is 11.8 Å². The Balaban J connectivity index is 1.83. The van der Waals surface area contributed by atoms with E-state index >= 15 is 0 Å². The molecule has 0 saturated carbocycles. The van der Waals surface area contributed by atoms with Crippen molar-refractivity contribution in [3.63, 3.8) is 0 Å². The zero-order valence-electron chi connectivity index (χ0n) is 14.5. The van der Waals surface area contributed by atoms with E-state index in [2.05, 4.69) is 15.0 Å². The number of thioether (sulfide) groups is 1. The van der Waals surface area contributed by atoms with Crippen molar-refractivity contribution < 1.29 is 13.9 Å². The SMILES string of the molecule is COc1cc2nc(SCc3nccc(N(C)C)c3F)[nH]c2cc1OC. The second-order valence-corrected chi connectivity index (χ2v) is 6.50. The average Bonchev–Trinajstić information content (AvgIpc) is 3.00. The van der Waals surface area contributed by atoms with Crippen molar-refractivity contribution >= 4 is 28.5 Å². The van der Waals surface area contributed by atoms with Crippen LogP contribution in [0.1, 0.15) is 5.69 Å². The van der Waals surface area contributed by atoms with E-state index in [4.69, 9.17) is 9.47 Å². The van der Waals surface area contributed by atoms with Crippen LogP contribution >= 0.6 is 11.8 Å². The number of fused-ring (bicyclic) bond motifs is 1. The topological polar surface area (TPSA) is 63.3 Å². The molecule has 0 saturated heterocycles. The number of hydrogen-bond acceptors (Lipinski definition) is 6. The monoisotopic (exact) mass is 362 g/mol. The smallest absolute Gasteiger partial charge is 0.168 e. The minimum absolute atomic E-state index is 0.306. The normalized spacial score (nSPS) is 10.9. The molecule has 2 aromatic heterocycles. The van der Waals surface area contributed by atoms with Crippen molar-refractivity contribution in [3.8, 4) is 11.5 Å². The zero-order valence-corrected chi connectivity index (χ0v) is 15.3. The third kappa shape index (κ3) is 3.48. The molecule has 0 aliphatic rings. The van der Waals surface area contributed by atoms with Gasteiger partial charge >= 0.3 is 0 Å². The van der Waals surface area contributed by atoms with Crippen LogP contribution in [-0.2, 0) is 5.75 Å². The molecule has 8 heteroatoms. The summed E-state index contributed by atoms with van der Waals surface area (Å²) < 4.78 is 25.0. The van der Waals surface area contributed by atoms with Crippen LogP contribution in [0.3, 0.4) is 0 Å². The number of anilines is 1. The minimum Gasteiger partial charge on any atom is -0.493 e. The van der Waals surface area contributed by atoms with Gasteiger partial charge in [-0.15, -0.1) is 0 Å². The lowest BCUT2D eigenvalue weighted by Gasteiger charge is -2.14. The number of rotatable bonds is 6. The van der Waals surface area contributed by atoms with Crippen LogP contribution in [0, 0.1) is 5.82 Å². The molecule has 0 aliphatic carbocycles. The maximum atomic E-state index is 14.4. The predicted molar refractivity (Wildman–Crippen MR) is 97.3 cm³/mol. The van der Waals surface area contributed by atoms with E-state index in [1.54, 1.807) is 51.5 Å². The lowest BCUT2D eigenvalue weighted by molar-refractivity contribution is 0.356. The van der Waals surface area contributed by atoms with Crippen molar-refractivity contribution in [2.24, 2.45) is 0 Å². The van der Waals surface area contributed by atoms with E-state index in [9.17, 15) is 4.39 Å². The number of hydrogen-bond donors (Lipinski definition) is 1. The summed E-state index contributed by atoms with van der Waals surface area (Å²) in [7, 11) is 6.77. The molecule has 0 atom stereocenters. The summed E-state index contributed by atoms with van der Waals surface area (Å²) in [5.41, 5.74) is 2.50. The van der Waals surface area contributed by atoms with E-state index in [1.807, 2.05) is 6.07 Å². The van der Waals surface area contributed by atoms with Crippen molar-refractivity contribution in [1.29, 1.82) is 0 Å². The molecule has 0 spiro atoms. The van der Waals surface area contributed by atoms with E-state index in [0.29, 0.717) is 33.8 Å². The molecule has 0 fully saturated rings. The average molecular weight is 362 g/mol. The second kappa shape index (κ2) is 7.18. The van der Waals surface area contributed by atoms with Gasteiger partial charge in [0.05, 0.1) is 36.6 Å². The molecule has 0 bridgehead atoms. The van der Waals surface area contributed by atoms with Gasteiger partial charge in [0.25, 0.3) is 0 Å². The van der Waals surface area contributed by atoms with Gasteiger partial charge in [-0.1, -0.05) is 11.8 Å². The lowest BCUT2D eigenvalue weighted by Crippen LogP contribution is -2.12. The highest BCUT2D eigenvalue weighted by Crippen LogP contribution is 2.33. The number of benzene rings is 1. The molecular formula is C17H19FN4O2S. The van der Waals surface area contributed by atoms with Crippen LogP contribution in [-0.4, -0.2) is 43.3 Å². The molecule has 6 nitrogen and oxygen atoms in total. The van der Waals surface area contributed by atoms with E-state index in [0.717, 1.165) is 11.0 Å². The number of H-pyrrole nitrogens is 1. The second-order valence-electron chi connectivity index (χ2n) is 5.54. The molecule has 132 valence electrons. The first-order chi connectivity index (χ1) is 12.0. The lowest BCUT2D eigenvalue weighted by atomic mass is 10.3. The Hall–Kier alpha value is -2.48. The molecule has 1 aromatic carbocycles. The summed E-state index contributed by atoms with van der Waals surface area (Å²) in [4.78, 5) is 13.6. The van der Waals surface area contributed by atoms with E-state index in [-0.39, 0.29) is 5.82 Å². The van der Waals surface area contributed by atoms with Gasteiger partial charge in [0.1, 0.15) is 0 Å². The summed E-state index contributed by atoms with van der Waals surface area (Å²) in [5, 5.41) is 0.682. The number of nitrogens with zero attached hydrogens (tertiary/aromatic N) is 3. The fraction of sp³-hybridized carbons (Fsp3) is 0.294. The molecule has 1 N–H and O–H groups in total. The Bertz CT molecular complexity index is 857. The molecule has 0 amide bonds. The van der Waals surface area contributed by atoms with Crippen molar-refractivity contribution in [1.82, 2.24) is 15.0 Å². The van der Waals surface area contributed by atoms with Gasteiger partial charge in [-0.25, -0.2) is 9.37 Å². The Morgan fingerprint density at radius 2 is 1.92 bits per heavy atom. The van der Waals surface area contributed by atoms with Crippen LogP contribution in [0.25, 0.3) is 11.0 Å². The zero-order chi connectivity index (χ0) is 18.0. The van der Waals surface area contributed by atoms with Crippen LogP contribution < -0.4 is 14.4 Å². The van der Waals surface area contributed by atoms with Crippen molar-refractivity contribution in [2.45, 2.75) is 10.9 Å². The molecule has 3 rings (SSSR count). The number of aromatic amines is 1. The third-order valence-electron chi connectivity index (χ3n) is 3.73. The first-order valence-electron chi connectivity index (χ1n) is 7.58. The summed E-state index contributed by atoms with van der Waals surface area (Å²) >= 11 is 1.39. The van der Waals surface area contributed by atoms with Crippen LogP contribution in [0.5, 0.6) is 11.5 Å². The number of ether oxygens (including phenoxy) is 2. The summed E-state index contributed by atoms with van der Waals surface area (Å²) in [6.45, 7) is 0. The Morgan fingerprint density at radius 3 is 2.60 bits per heavy atom.